The average molecular weight is 715 g/mol. The maximum atomic E-state index is 9.80. The number of hydrogen-bond acceptors (Lipinski definition) is 4. The molecule has 0 unspecified atom stereocenters. The van der Waals surface area contributed by atoms with Crippen LogP contribution in [0.4, 0.5) is 0 Å². The summed E-state index contributed by atoms with van der Waals surface area (Å²) in [6.07, 6.45) is 0. The standard InChI is InChI=1S/C50H26N4O2/c51-27-29-7-5-9-33(19-29)53-43-17-15-31(21-37(43)39-23-41-35-11-1-3-13-47(35)55-49(41)25-45(39)53)32-16-18-44-38(22-32)40-24-42-36-12-2-4-14-48(36)56-50(42)26-46(40)54(44)34-10-6-8-30(20-34)28-52/h1-26H. The summed E-state index contributed by atoms with van der Waals surface area (Å²) in [6, 6.07) is 58.5. The third kappa shape index (κ3) is 4.24. The molecule has 6 heteroatoms. The van der Waals surface area contributed by atoms with Crippen molar-refractivity contribution in [2.45, 2.75) is 0 Å². The predicted octanol–water partition coefficient (Wildman–Crippen LogP) is 13.1. The largest absolute Gasteiger partial charge is 0.456 e. The molecule has 4 aromatic heterocycles. The highest BCUT2D eigenvalue weighted by atomic mass is 16.3. The summed E-state index contributed by atoms with van der Waals surface area (Å²) in [4.78, 5) is 0. The molecule has 0 aliphatic heterocycles. The Morgan fingerprint density at radius 3 is 1.25 bits per heavy atom. The van der Waals surface area contributed by atoms with Crippen LogP contribution in [-0.2, 0) is 0 Å². The summed E-state index contributed by atoms with van der Waals surface area (Å²) in [5, 5.41) is 28.3. The molecule has 0 N–H and O–H groups in total. The Kier molecular flexibility index (Phi) is 6.10. The van der Waals surface area contributed by atoms with Crippen LogP contribution in [0.2, 0.25) is 0 Å². The van der Waals surface area contributed by atoms with Gasteiger partial charge < -0.3 is 18.0 Å². The third-order valence-corrected chi connectivity index (χ3v) is 11.3. The van der Waals surface area contributed by atoms with E-state index >= 15 is 0 Å². The van der Waals surface area contributed by atoms with Gasteiger partial charge in [-0.05, 0) is 96.1 Å². The summed E-state index contributed by atoms with van der Waals surface area (Å²) in [5.41, 5.74) is 12.7. The molecule has 0 aliphatic rings. The van der Waals surface area contributed by atoms with Gasteiger partial charge in [0.05, 0.1) is 45.3 Å². The van der Waals surface area contributed by atoms with Crippen molar-refractivity contribution in [2.75, 3.05) is 0 Å². The molecular formula is C50H26N4O2. The zero-order valence-corrected chi connectivity index (χ0v) is 29.6. The number of furan rings is 2. The van der Waals surface area contributed by atoms with E-state index in [2.05, 4.69) is 94.1 Å². The molecule has 0 amide bonds. The maximum absolute atomic E-state index is 9.80. The van der Waals surface area contributed by atoms with Gasteiger partial charge in [0.25, 0.3) is 0 Å². The molecule has 0 spiro atoms. The molecule has 6 nitrogen and oxygen atoms in total. The molecule has 12 rings (SSSR count). The summed E-state index contributed by atoms with van der Waals surface area (Å²) in [7, 11) is 0. The van der Waals surface area contributed by atoms with Crippen LogP contribution < -0.4 is 0 Å². The van der Waals surface area contributed by atoms with Crippen LogP contribution >= 0.6 is 0 Å². The Morgan fingerprint density at radius 2 is 0.786 bits per heavy atom. The first-order valence-electron chi connectivity index (χ1n) is 18.4. The Morgan fingerprint density at radius 1 is 0.339 bits per heavy atom. The first kappa shape index (κ1) is 30.4. The van der Waals surface area contributed by atoms with Crippen molar-refractivity contribution in [1.82, 2.24) is 9.13 Å². The molecule has 258 valence electrons. The minimum atomic E-state index is 0.603. The second-order valence-electron chi connectivity index (χ2n) is 14.4. The normalized spacial score (nSPS) is 11.9. The van der Waals surface area contributed by atoms with Gasteiger partial charge in [0, 0.05) is 66.6 Å². The highest BCUT2D eigenvalue weighted by Crippen LogP contribution is 2.42. The van der Waals surface area contributed by atoms with Gasteiger partial charge in [-0.15, -0.1) is 0 Å². The second kappa shape index (κ2) is 11.2. The number of hydrogen-bond donors (Lipinski definition) is 0. The van der Waals surface area contributed by atoms with Crippen LogP contribution in [-0.4, -0.2) is 9.13 Å². The third-order valence-electron chi connectivity index (χ3n) is 11.3. The van der Waals surface area contributed by atoms with Crippen LogP contribution in [0.3, 0.4) is 0 Å². The summed E-state index contributed by atoms with van der Waals surface area (Å²) in [5.74, 6) is 0. The van der Waals surface area contributed by atoms with Crippen molar-refractivity contribution in [3.8, 4) is 34.6 Å². The monoisotopic (exact) mass is 714 g/mol. The van der Waals surface area contributed by atoms with Gasteiger partial charge in [0.15, 0.2) is 0 Å². The van der Waals surface area contributed by atoms with Crippen LogP contribution in [0.15, 0.2) is 167 Å². The van der Waals surface area contributed by atoms with Crippen LogP contribution in [0.1, 0.15) is 11.1 Å². The lowest BCUT2D eigenvalue weighted by atomic mass is 10.00. The number of para-hydroxylation sites is 2. The topological polar surface area (TPSA) is 83.7 Å². The zero-order chi connectivity index (χ0) is 37.1. The van der Waals surface area contributed by atoms with Crippen molar-refractivity contribution in [2.24, 2.45) is 0 Å². The van der Waals surface area contributed by atoms with Gasteiger partial charge >= 0.3 is 0 Å². The fourth-order valence-corrected chi connectivity index (χ4v) is 8.82. The number of fused-ring (bicyclic) bond motifs is 12. The lowest BCUT2D eigenvalue weighted by Crippen LogP contribution is -1.94. The number of aromatic nitrogens is 2. The molecule has 0 saturated heterocycles. The molecule has 56 heavy (non-hydrogen) atoms. The Balaban J connectivity index is 1.13. The maximum Gasteiger partial charge on any atom is 0.137 e. The minimum absolute atomic E-state index is 0.603. The highest BCUT2D eigenvalue weighted by Gasteiger charge is 2.20. The molecule has 8 aromatic carbocycles. The van der Waals surface area contributed by atoms with E-state index in [0.29, 0.717) is 11.1 Å². The summed E-state index contributed by atoms with van der Waals surface area (Å²) < 4.78 is 17.2. The van der Waals surface area contributed by atoms with Crippen molar-refractivity contribution < 1.29 is 8.83 Å². The molecule has 0 fully saturated rings. The van der Waals surface area contributed by atoms with E-state index < -0.39 is 0 Å². The van der Waals surface area contributed by atoms with Crippen LogP contribution in [0, 0.1) is 22.7 Å². The highest BCUT2D eigenvalue weighted by molar-refractivity contribution is 6.20. The number of rotatable bonds is 3. The van der Waals surface area contributed by atoms with E-state index in [4.69, 9.17) is 8.83 Å². The number of benzene rings is 8. The number of nitrogens with zero attached hydrogens (tertiary/aromatic N) is 4. The van der Waals surface area contributed by atoms with E-state index in [1.807, 2.05) is 84.9 Å². The molecule has 0 bridgehead atoms. The fourth-order valence-electron chi connectivity index (χ4n) is 8.82. The van der Waals surface area contributed by atoms with E-state index in [1.165, 1.54) is 0 Å². The quantitative estimate of drug-likeness (QED) is 0.182. The Labute approximate surface area is 318 Å². The van der Waals surface area contributed by atoms with Gasteiger partial charge in [-0.1, -0.05) is 60.7 Å². The zero-order valence-electron chi connectivity index (χ0n) is 29.6. The van der Waals surface area contributed by atoms with E-state index in [-0.39, 0.29) is 0 Å². The molecule has 0 atom stereocenters. The lowest BCUT2D eigenvalue weighted by Gasteiger charge is -2.10. The number of nitriles is 2. The molecule has 0 radical (unpaired) electrons. The van der Waals surface area contributed by atoms with Crippen molar-refractivity contribution >= 4 is 87.5 Å². The average Bonchev–Trinajstić information content (AvgIpc) is 3.98. The molecule has 4 heterocycles. The van der Waals surface area contributed by atoms with Crippen molar-refractivity contribution in [3.05, 3.63) is 169 Å². The predicted molar refractivity (Wildman–Crippen MR) is 225 cm³/mol. The molecular weight excluding hydrogens is 689 g/mol. The van der Waals surface area contributed by atoms with Crippen LogP contribution in [0.25, 0.3) is 110 Å². The van der Waals surface area contributed by atoms with Crippen LogP contribution in [0.5, 0.6) is 0 Å². The summed E-state index contributed by atoms with van der Waals surface area (Å²) >= 11 is 0. The van der Waals surface area contributed by atoms with Gasteiger partial charge in [-0.2, -0.15) is 10.5 Å². The SMILES string of the molecule is N#Cc1cccc(-n2c3ccc(-c4ccc5c(c4)c4cc6c(cc4n5-c4cccc(C#N)c4)oc4ccccc46)cc3c3cc4c(cc32)oc2ccccc24)c1. The fraction of sp³-hybridized carbons (Fsp3) is 0. The smallest absolute Gasteiger partial charge is 0.137 e. The van der Waals surface area contributed by atoms with E-state index in [0.717, 1.165) is 110 Å². The first-order chi connectivity index (χ1) is 27.6. The van der Waals surface area contributed by atoms with Crippen molar-refractivity contribution in [1.29, 1.82) is 10.5 Å². The van der Waals surface area contributed by atoms with Gasteiger partial charge in [0.2, 0.25) is 0 Å². The van der Waals surface area contributed by atoms with Crippen molar-refractivity contribution in [3.63, 3.8) is 0 Å². The van der Waals surface area contributed by atoms with Gasteiger partial charge in [0.1, 0.15) is 22.3 Å². The first-order valence-corrected chi connectivity index (χ1v) is 18.4. The molecule has 12 aromatic rings. The lowest BCUT2D eigenvalue weighted by molar-refractivity contribution is 0.669. The molecule has 0 saturated carbocycles. The second-order valence-corrected chi connectivity index (χ2v) is 14.4. The van der Waals surface area contributed by atoms with E-state index in [9.17, 15) is 10.5 Å². The van der Waals surface area contributed by atoms with E-state index in [1.54, 1.807) is 0 Å². The van der Waals surface area contributed by atoms with Gasteiger partial charge in [-0.3, -0.25) is 0 Å². The van der Waals surface area contributed by atoms with Gasteiger partial charge in [-0.25, -0.2) is 0 Å². The Bertz CT molecular complexity index is 3500. The Hall–Kier alpha value is -8.06. The summed E-state index contributed by atoms with van der Waals surface area (Å²) in [6.45, 7) is 0. The minimum Gasteiger partial charge on any atom is -0.456 e. The molecule has 0 aliphatic carbocycles.